The second kappa shape index (κ2) is 14.7. The normalized spacial score (nSPS) is 36.0. The fourth-order valence-electron chi connectivity index (χ4n) is 13.4. The van der Waals surface area contributed by atoms with Gasteiger partial charge in [0.1, 0.15) is 6.10 Å². The van der Waals surface area contributed by atoms with Crippen LogP contribution in [0, 0.1) is 62.6 Å². The minimum absolute atomic E-state index is 0.0203. The van der Waals surface area contributed by atoms with Crippen molar-refractivity contribution in [2.75, 3.05) is 13.1 Å². The summed E-state index contributed by atoms with van der Waals surface area (Å²) in [5.74, 6) is -0.692. The number of carboxylic acids is 1. The summed E-state index contributed by atoms with van der Waals surface area (Å²) in [6.45, 7) is 19.6. The van der Waals surface area contributed by atoms with Crippen molar-refractivity contribution in [3.8, 4) is 0 Å². The molecule has 1 aromatic heterocycles. The third-order valence-corrected chi connectivity index (χ3v) is 16.3. The Bertz CT molecular complexity index is 1700. The summed E-state index contributed by atoms with van der Waals surface area (Å²) in [5.41, 5.74) is 7.23. The van der Waals surface area contributed by atoms with Crippen LogP contribution in [0.2, 0.25) is 0 Å². The molecule has 4 N–H and O–H groups in total. The van der Waals surface area contributed by atoms with E-state index < -0.39 is 23.5 Å². The molecule has 0 aromatic carbocycles. The third kappa shape index (κ3) is 6.89. The SMILES string of the molecule is CC(C)C1=C2C(CC1=O)[C@@H]([C@@H](O)CN(Cc1cccnc1)C(=O)CN)C[C@]1(C)[C@@H]2CC[C@@H]2[C@@]3(C)CC[C@H](OC(=O)CC(C)(C)C(=O)O)C(C)(C)[C@@H]3CC[C@]21C. The maximum atomic E-state index is 13.9. The standard InChI is InChI=1S/C45H67N3O7/c1-26(2)38-31(49)19-28-29(32(50)25-48(36(51)22-46)24-27-11-10-18-47-23-27)20-45(9)30(39(28)38)12-13-34-43(7)16-15-35(55-37(52)21-41(3,4)40(53)54)42(5,6)33(43)14-17-44(34,45)8/h10-11,18,23,26,28-30,32-35,50H,12-17,19-22,24-25,46H2,1-9H3,(H,53,54)/t28?,29-,30+,32-,33-,34+,35-,43-,44+,45+/m0/s1. The predicted octanol–water partition coefficient (Wildman–Crippen LogP) is 6.98. The highest BCUT2D eigenvalue weighted by atomic mass is 16.5. The minimum Gasteiger partial charge on any atom is -0.481 e. The number of ether oxygens (including phenoxy) is 1. The Labute approximate surface area is 328 Å². The van der Waals surface area contributed by atoms with Gasteiger partial charge in [0.05, 0.1) is 24.5 Å². The summed E-state index contributed by atoms with van der Waals surface area (Å²) < 4.78 is 6.17. The van der Waals surface area contributed by atoms with E-state index in [4.69, 9.17) is 10.5 Å². The molecule has 10 heteroatoms. The van der Waals surface area contributed by atoms with E-state index in [0.29, 0.717) is 24.8 Å². The number of pyridine rings is 1. The number of aliphatic hydroxyl groups excluding tert-OH is 1. The van der Waals surface area contributed by atoms with Gasteiger partial charge in [0.2, 0.25) is 5.91 Å². The zero-order valence-electron chi connectivity index (χ0n) is 34.8. The molecule has 0 radical (unpaired) electrons. The first-order valence-corrected chi connectivity index (χ1v) is 20.9. The van der Waals surface area contributed by atoms with Crippen molar-refractivity contribution in [3.63, 3.8) is 0 Å². The molecule has 0 saturated heterocycles. The van der Waals surface area contributed by atoms with E-state index in [1.165, 1.54) is 5.57 Å². The highest BCUT2D eigenvalue weighted by molar-refractivity contribution is 6.00. The number of aliphatic hydroxyl groups is 1. The Morgan fingerprint density at radius 3 is 2.36 bits per heavy atom. The Morgan fingerprint density at radius 2 is 1.75 bits per heavy atom. The van der Waals surface area contributed by atoms with E-state index in [1.807, 2.05) is 12.1 Å². The lowest BCUT2D eigenvalue weighted by Gasteiger charge is -2.72. The van der Waals surface area contributed by atoms with E-state index in [0.717, 1.165) is 56.1 Å². The van der Waals surface area contributed by atoms with Gasteiger partial charge in [-0.05, 0) is 128 Å². The quantitative estimate of drug-likeness (QED) is 0.202. The van der Waals surface area contributed by atoms with Crippen LogP contribution in [-0.2, 0) is 30.5 Å². The molecular formula is C45H67N3O7. The monoisotopic (exact) mass is 761 g/mol. The molecule has 5 aliphatic rings. The number of hydrogen-bond acceptors (Lipinski definition) is 8. The number of allylic oxidation sites excluding steroid dienone is 2. The van der Waals surface area contributed by atoms with Crippen molar-refractivity contribution in [2.45, 2.75) is 139 Å². The number of aliphatic carboxylic acids is 1. The van der Waals surface area contributed by atoms with E-state index in [1.54, 1.807) is 31.1 Å². The Balaban J connectivity index is 1.32. The fourth-order valence-corrected chi connectivity index (χ4v) is 13.4. The van der Waals surface area contributed by atoms with Gasteiger partial charge in [0, 0.05) is 37.3 Å². The third-order valence-electron chi connectivity index (χ3n) is 16.3. The first kappa shape index (κ1) is 41.5. The Morgan fingerprint density at radius 1 is 1.04 bits per heavy atom. The number of Topliss-reactive ketones (excluding diaryl/α,β-unsaturated/α-hetero) is 1. The molecule has 4 saturated carbocycles. The fraction of sp³-hybridized carbons (Fsp3) is 0.756. The number of aromatic nitrogens is 1. The van der Waals surface area contributed by atoms with E-state index in [-0.39, 0.29) is 82.6 Å². The van der Waals surface area contributed by atoms with Gasteiger partial charge in [0.15, 0.2) is 5.78 Å². The van der Waals surface area contributed by atoms with Crippen molar-refractivity contribution in [1.29, 1.82) is 0 Å². The lowest BCUT2D eigenvalue weighted by molar-refractivity contribution is -0.237. The average Bonchev–Trinajstić information content (AvgIpc) is 3.45. The van der Waals surface area contributed by atoms with Gasteiger partial charge < -0.3 is 25.6 Å². The van der Waals surface area contributed by atoms with Gasteiger partial charge in [-0.3, -0.25) is 24.2 Å². The van der Waals surface area contributed by atoms with Gasteiger partial charge in [-0.2, -0.15) is 0 Å². The molecule has 1 unspecified atom stereocenters. The first-order valence-electron chi connectivity index (χ1n) is 20.9. The molecule has 0 spiro atoms. The zero-order valence-corrected chi connectivity index (χ0v) is 34.8. The number of carboxylic acid groups (broad SMARTS) is 1. The molecule has 1 aromatic rings. The molecule has 1 heterocycles. The summed E-state index contributed by atoms with van der Waals surface area (Å²) in [6, 6.07) is 3.76. The van der Waals surface area contributed by atoms with Crippen molar-refractivity contribution < 1.29 is 34.1 Å². The molecule has 4 fully saturated rings. The molecule has 6 rings (SSSR count). The van der Waals surface area contributed by atoms with Gasteiger partial charge in [-0.1, -0.05) is 60.1 Å². The number of carbonyl (C=O) groups excluding carboxylic acids is 3. The minimum atomic E-state index is -1.19. The maximum absolute atomic E-state index is 13.9. The largest absolute Gasteiger partial charge is 0.481 e. The van der Waals surface area contributed by atoms with Crippen molar-refractivity contribution in [2.24, 2.45) is 68.3 Å². The molecule has 1 amide bonds. The summed E-state index contributed by atoms with van der Waals surface area (Å²) >= 11 is 0. The molecule has 10 atom stereocenters. The molecule has 304 valence electrons. The van der Waals surface area contributed by atoms with Gasteiger partial charge in [-0.25, -0.2) is 0 Å². The van der Waals surface area contributed by atoms with Gasteiger partial charge in [0.25, 0.3) is 0 Å². The van der Waals surface area contributed by atoms with Crippen molar-refractivity contribution in [3.05, 3.63) is 41.2 Å². The van der Waals surface area contributed by atoms with Gasteiger partial charge in [-0.15, -0.1) is 0 Å². The van der Waals surface area contributed by atoms with Crippen LogP contribution >= 0.6 is 0 Å². The number of esters is 1. The summed E-state index contributed by atoms with van der Waals surface area (Å²) in [4.78, 5) is 58.0. The second-order valence-electron chi connectivity index (χ2n) is 20.4. The number of ketones is 1. The van der Waals surface area contributed by atoms with E-state index >= 15 is 0 Å². The van der Waals surface area contributed by atoms with Crippen LogP contribution in [0.15, 0.2) is 35.7 Å². The van der Waals surface area contributed by atoms with Crippen LogP contribution in [-0.4, -0.2) is 69.0 Å². The highest BCUT2D eigenvalue weighted by Crippen LogP contribution is 2.76. The molecular weight excluding hydrogens is 695 g/mol. The molecule has 10 nitrogen and oxygen atoms in total. The lowest BCUT2D eigenvalue weighted by Crippen LogP contribution is -2.66. The van der Waals surface area contributed by atoms with Crippen LogP contribution in [0.3, 0.4) is 0 Å². The number of nitrogens with zero attached hydrogens (tertiary/aromatic N) is 2. The lowest BCUT2D eigenvalue weighted by atomic mass is 9.33. The number of nitrogens with two attached hydrogens (primary N) is 1. The maximum Gasteiger partial charge on any atom is 0.309 e. The van der Waals surface area contributed by atoms with E-state index in [2.05, 4.69) is 53.5 Å². The molecule has 0 aliphatic heterocycles. The number of carbonyl (C=O) groups is 4. The number of hydrogen-bond donors (Lipinski definition) is 3. The Kier molecular flexibility index (Phi) is 11.1. The van der Waals surface area contributed by atoms with Crippen LogP contribution in [0.5, 0.6) is 0 Å². The van der Waals surface area contributed by atoms with Crippen LogP contribution in [0.25, 0.3) is 0 Å². The number of rotatable bonds is 11. The number of amides is 1. The topological polar surface area (TPSA) is 160 Å². The van der Waals surface area contributed by atoms with Crippen molar-refractivity contribution >= 4 is 23.6 Å². The summed E-state index contributed by atoms with van der Waals surface area (Å²) in [7, 11) is 0. The molecule has 5 aliphatic carbocycles. The first-order chi connectivity index (χ1) is 25.6. The predicted molar refractivity (Wildman–Crippen MR) is 210 cm³/mol. The van der Waals surface area contributed by atoms with Crippen LogP contribution in [0.4, 0.5) is 0 Å². The number of fused-ring (bicyclic) bond motifs is 7. The summed E-state index contributed by atoms with van der Waals surface area (Å²) in [5, 5.41) is 22.0. The molecule has 55 heavy (non-hydrogen) atoms. The van der Waals surface area contributed by atoms with Crippen LogP contribution < -0.4 is 5.73 Å². The summed E-state index contributed by atoms with van der Waals surface area (Å²) in [6.07, 6.45) is 9.01. The zero-order chi connectivity index (χ0) is 40.5. The average molecular weight is 762 g/mol. The smallest absolute Gasteiger partial charge is 0.309 e. The molecule has 0 bridgehead atoms. The second-order valence-corrected chi connectivity index (χ2v) is 20.4. The Hall–Kier alpha value is -3.11. The van der Waals surface area contributed by atoms with Crippen LogP contribution in [0.1, 0.15) is 126 Å². The van der Waals surface area contributed by atoms with E-state index in [9.17, 15) is 29.4 Å². The highest BCUT2D eigenvalue weighted by Gasteiger charge is 2.70. The van der Waals surface area contributed by atoms with Gasteiger partial charge >= 0.3 is 11.9 Å². The van der Waals surface area contributed by atoms with Crippen molar-refractivity contribution in [1.82, 2.24) is 9.88 Å².